The Balaban J connectivity index is 1.76. The van der Waals surface area contributed by atoms with Crippen molar-refractivity contribution in [2.24, 2.45) is 0 Å². The van der Waals surface area contributed by atoms with Crippen LogP contribution in [0.25, 0.3) is 0 Å². The molecule has 0 radical (unpaired) electrons. The Kier molecular flexibility index (Phi) is 5.57. The molecule has 0 fully saturated rings. The van der Waals surface area contributed by atoms with Gasteiger partial charge in [-0.25, -0.2) is 4.98 Å². The Labute approximate surface area is 128 Å². The first kappa shape index (κ1) is 15.3. The van der Waals surface area contributed by atoms with Gasteiger partial charge in [-0.05, 0) is 17.7 Å². The van der Waals surface area contributed by atoms with Crippen molar-refractivity contribution in [2.75, 3.05) is 26.0 Å². The second kappa shape index (κ2) is 7.64. The molecule has 0 unspecified atom stereocenters. The maximum absolute atomic E-state index is 11.9. The first-order valence-electron chi connectivity index (χ1n) is 6.73. The molecular formula is C15H19N3O2S. The molecule has 1 aromatic carbocycles. The van der Waals surface area contributed by atoms with Gasteiger partial charge in [0.15, 0.2) is 5.13 Å². The molecule has 0 saturated heterocycles. The van der Waals surface area contributed by atoms with Gasteiger partial charge in [0.05, 0.1) is 19.2 Å². The van der Waals surface area contributed by atoms with E-state index in [1.165, 1.54) is 0 Å². The third-order valence-corrected chi connectivity index (χ3v) is 3.88. The van der Waals surface area contributed by atoms with E-state index >= 15 is 0 Å². The lowest BCUT2D eigenvalue weighted by Crippen LogP contribution is -2.27. The van der Waals surface area contributed by atoms with Crippen molar-refractivity contribution in [1.29, 1.82) is 0 Å². The maximum atomic E-state index is 11.9. The van der Waals surface area contributed by atoms with Crippen LogP contribution in [-0.4, -0.2) is 31.6 Å². The zero-order valence-corrected chi connectivity index (χ0v) is 13.0. The van der Waals surface area contributed by atoms with Gasteiger partial charge in [0.1, 0.15) is 5.75 Å². The summed E-state index contributed by atoms with van der Waals surface area (Å²) in [4.78, 5) is 16.3. The van der Waals surface area contributed by atoms with Gasteiger partial charge in [0, 0.05) is 25.4 Å². The summed E-state index contributed by atoms with van der Waals surface area (Å²) in [7, 11) is 3.46. The predicted octanol–water partition coefficient (Wildman–Crippen LogP) is 2.09. The quantitative estimate of drug-likeness (QED) is 0.822. The molecular weight excluding hydrogens is 286 g/mol. The number of rotatable bonds is 7. The zero-order valence-electron chi connectivity index (χ0n) is 12.2. The summed E-state index contributed by atoms with van der Waals surface area (Å²) in [6.45, 7) is 0.593. The largest absolute Gasteiger partial charge is 0.497 e. The molecule has 0 aliphatic carbocycles. The fourth-order valence-electron chi connectivity index (χ4n) is 1.90. The molecule has 0 aliphatic rings. The predicted molar refractivity (Wildman–Crippen MR) is 85.1 cm³/mol. The minimum absolute atomic E-state index is 0.00678. The van der Waals surface area contributed by atoms with Gasteiger partial charge in [-0.15, -0.1) is 11.3 Å². The first-order chi connectivity index (χ1) is 10.2. The minimum atomic E-state index is 0.00678. The fraction of sp³-hybridized carbons (Fsp3) is 0.333. The lowest BCUT2D eigenvalue weighted by molar-refractivity contribution is -0.120. The summed E-state index contributed by atoms with van der Waals surface area (Å²) in [6.07, 6.45) is 1.10. The van der Waals surface area contributed by atoms with Gasteiger partial charge in [0.25, 0.3) is 0 Å². The molecule has 1 amide bonds. The highest BCUT2D eigenvalue weighted by Gasteiger charge is 2.05. The average molecular weight is 305 g/mol. The monoisotopic (exact) mass is 305 g/mol. The second-order valence-corrected chi connectivity index (χ2v) is 5.38. The van der Waals surface area contributed by atoms with Crippen molar-refractivity contribution in [1.82, 2.24) is 10.3 Å². The van der Waals surface area contributed by atoms with Gasteiger partial charge in [-0.2, -0.15) is 0 Å². The molecule has 0 saturated carbocycles. The number of methoxy groups -OCH3 is 1. The molecule has 21 heavy (non-hydrogen) atoms. The molecule has 1 aromatic heterocycles. The molecule has 112 valence electrons. The number of thiazole rings is 1. The Hall–Kier alpha value is -2.08. The fourth-order valence-corrected chi connectivity index (χ4v) is 2.60. The molecule has 1 heterocycles. The number of carbonyl (C=O) groups excluding carboxylic acids is 1. The lowest BCUT2D eigenvalue weighted by atomic mass is 10.1. The highest BCUT2D eigenvalue weighted by Crippen LogP contribution is 2.14. The van der Waals surface area contributed by atoms with Crippen molar-refractivity contribution in [3.05, 3.63) is 40.9 Å². The maximum Gasteiger partial charge on any atom is 0.224 e. The average Bonchev–Trinajstić information content (AvgIpc) is 2.95. The van der Waals surface area contributed by atoms with Crippen molar-refractivity contribution in [3.8, 4) is 5.75 Å². The number of carbonyl (C=O) groups is 1. The van der Waals surface area contributed by atoms with Crippen LogP contribution < -0.4 is 15.4 Å². The number of nitrogens with zero attached hydrogens (tertiary/aromatic N) is 1. The van der Waals surface area contributed by atoms with E-state index < -0.39 is 0 Å². The van der Waals surface area contributed by atoms with Crippen LogP contribution in [0.4, 0.5) is 5.13 Å². The number of nitrogens with one attached hydrogen (secondary N) is 2. The van der Waals surface area contributed by atoms with Crippen LogP contribution in [0.15, 0.2) is 29.6 Å². The minimum Gasteiger partial charge on any atom is -0.497 e. The van der Waals surface area contributed by atoms with E-state index in [9.17, 15) is 4.79 Å². The van der Waals surface area contributed by atoms with E-state index in [4.69, 9.17) is 4.74 Å². The molecule has 5 nitrogen and oxygen atoms in total. The van der Waals surface area contributed by atoms with Crippen molar-refractivity contribution in [2.45, 2.75) is 12.8 Å². The van der Waals surface area contributed by atoms with Crippen molar-refractivity contribution in [3.63, 3.8) is 0 Å². The Morgan fingerprint density at radius 1 is 1.43 bits per heavy atom. The van der Waals surface area contributed by atoms with Gasteiger partial charge in [0.2, 0.25) is 5.91 Å². The van der Waals surface area contributed by atoms with Crippen molar-refractivity contribution < 1.29 is 9.53 Å². The van der Waals surface area contributed by atoms with Crippen molar-refractivity contribution >= 4 is 22.4 Å². The van der Waals surface area contributed by atoms with Gasteiger partial charge in [-0.3, -0.25) is 4.79 Å². The summed E-state index contributed by atoms with van der Waals surface area (Å²) in [6, 6.07) is 7.54. The van der Waals surface area contributed by atoms with Crippen LogP contribution >= 0.6 is 11.3 Å². The molecule has 2 rings (SSSR count). The molecule has 2 aromatic rings. The van der Waals surface area contributed by atoms with E-state index in [1.807, 2.05) is 36.7 Å². The summed E-state index contributed by atoms with van der Waals surface area (Å²) in [5, 5.41) is 8.80. The lowest BCUT2D eigenvalue weighted by Gasteiger charge is -2.06. The smallest absolute Gasteiger partial charge is 0.224 e. The summed E-state index contributed by atoms with van der Waals surface area (Å²) in [5.74, 6) is 0.773. The molecule has 6 heteroatoms. The van der Waals surface area contributed by atoms with E-state index in [1.54, 1.807) is 18.4 Å². The number of hydrogen-bond donors (Lipinski definition) is 2. The number of benzene rings is 1. The number of amides is 1. The van der Waals surface area contributed by atoms with Crippen LogP contribution in [0.5, 0.6) is 5.75 Å². The van der Waals surface area contributed by atoms with Gasteiger partial charge < -0.3 is 15.4 Å². The van der Waals surface area contributed by atoms with E-state index in [-0.39, 0.29) is 5.91 Å². The van der Waals surface area contributed by atoms with Gasteiger partial charge >= 0.3 is 0 Å². The molecule has 0 atom stereocenters. The number of aromatic nitrogens is 1. The first-order valence-corrected chi connectivity index (χ1v) is 7.61. The molecule has 0 aliphatic heterocycles. The molecule has 0 spiro atoms. The van der Waals surface area contributed by atoms with Crippen LogP contribution in [0, 0.1) is 0 Å². The number of anilines is 1. The number of ether oxygens (including phenoxy) is 1. The van der Waals surface area contributed by atoms with Crippen LogP contribution in [0.2, 0.25) is 0 Å². The third kappa shape index (κ3) is 4.75. The summed E-state index contributed by atoms with van der Waals surface area (Å²) in [5.41, 5.74) is 1.93. The normalized spacial score (nSPS) is 10.2. The summed E-state index contributed by atoms with van der Waals surface area (Å²) >= 11 is 1.57. The molecule has 0 bridgehead atoms. The zero-order chi connectivity index (χ0) is 15.1. The molecule has 2 N–H and O–H groups in total. The van der Waals surface area contributed by atoms with Gasteiger partial charge in [-0.1, -0.05) is 12.1 Å². The number of hydrogen-bond acceptors (Lipinski definition) is 5. The summed E-state index contributed by atoms with van der Waals surface area (Å²) < 4.78 is 5.14. The Morgan fingerprint density at radius 3 is 3.00 bits per heavy atom. The van der Waals surface area contributed by atoms with E-state index in [0.717, 1.165) is 28.6 Å². The van der Waals surface area contributed by atoms with E-state index in [0.29, 0.717) is 13.0 Å². The van der Waals surface area contributed by atoms with Crippen LogP contribution in [-0.2, 0) is 17.6 Å². The van der Waals surface area contributed by atoms with E-state index in [2.05, 4.69) is 15.6 Å². The second-order valence-electron chi connectivity index (χ2n) is 4.52. The highest BCUT2D eigenvalue weighted by atomic mass is 32.1. The topological polar surface area (TPSA) is 63.2 Å². The SMILES string of the molecule is CNc1nc(CCNC(=O)Cc2cccc(OC)c2)cs1. The third-order valence-electron chi connectivity index (χ3n) is 2.97. The Bertz CT molecular complexity index is 598. The van der Waals surface area contributed by atoms with Crippen LogP contribution in [0.1, 0.15) is 11.3 Å². The van der Waals surface area contributed by atoms with Crippen LogP contribution in [0.3, 0.4) is 0 Å². The highest BCUT2D eigenvalue weighted by molar-refractivity contribution is 7.13. The standard InChI is InChI=1S/C15H19N3O2S/c1-16-15-18-12(10-21-15)6-7-17-14(19)9-11-4-3-5-13(8-11)20-2/h3-5,8,10H,6-7,9H2,1-2H3,(H,16,18)(H,17,19). The Morgan fingerprint density at radius 2 is 2.29 bits per heavy atom.